The third-order valence-corrected chi connectivity index (χ3v) is 2.45. The van der Waals surface area contributed by atoms with Crippen molar-refractivity contribution in [2.75, 3.05) is 5.32 Å². The van der Waals surface area contributed by atoms with Crippen LogP contribution in [0.25, 0.3) is 0 Å². The number of halogens is 2. The first kappa shape index (κ1) is 10.8. The van der Waals surface area contributed by atoms with E-state index in [1.165, 1.54) is 18.2 Å². The first-order chi connectivity index (χ1) is 7.66. The van der Waals surface area contributed by atoms with Crippen LogP contribution in [0.1, 0.15) is 19.3 Å². The van der Waals surface area contributed by atoms with Crippen LogP contribution in [-0.2, 0) is 4.79 Å². The monoisotopic (exact) mass is 223 g/mol. The third-order valence-electron chi connectivity index (χ3n) is 2.45. The van der Waals surface area contributed by atoms with Crippen molar-refractivity contribution in [3.05, 3.63) is 41.6 Å². The maximum absolute atomic E-state index is 13.3. The maximum atomic E-state index is 13.3. The lowest BCUT2D eigenvalue weighted by Crippen LogP contribution is -2.10. The lowest BCUT2D eigenvalue weighted by Gasteiger charge is -2.14. The Hall–Kier alpha value is -1.71. The Labute approximate surface area is 92.0 Å². The van der Waals surface area contributed by atoms with Crippen molar-refractivity contribution in [3.63, 3.8) is 0 Å². The number of hydrogen-bond donors (Lipinski definition) is 1. The normalized spacial score (nSPS) is 15.9. The van der Waals surface area contributed by atoms with Crippen molar-refractivity contribution in [3.8, 4) is 0 Å². The molecule has 0 saturated heterocycles. The Morgan fingerprint density at radius 2 is 2.00 bits per heavy atom. The molecule has 0 unspecified atom stereocenters. The maximum Gasteiger partial charge on any atom is 0.182 e. The molecule has 0 heterocycles. The number of anilines is 1. The first-order valence-electron chi connectivity index (χ1n) is 5.11. The smallest absolute Gasteiger partial charge is 0.182 e. The average Bonchev–Trinajstić information content (AvgIpc) is 2.25. The molecule has 2 rings (SSSR count). The molecule has 0 amide bonds. The van der Waals surface area contributed by atoms with Crippen molar-refractivity contribution in [2.24, 2.45) is 0 Å². The van der Waals surface area contributed by atoms with Crippen molar-refractivity contribution in [1.29, 1.82) is 0 Å². The highest BCUT2D eigenvalue weighted by Crippen LogP contribution is 2.22. The standard InChI is InChI=1S/C12H11F2NO/c13-10-5-2-6-11(12(10)14)15-8-3-1-4-9(16)7-8/h2,5-7,15H,1,3-4H2. The fraction of sp³-hybridized carbons (Fsp3) is 0.250. The Kier molecular flexibility index (Phi) is 2.99. The summed E-state index contributed by atoms with van der Waals surface area (Å²) in [5.41, 5.74) is 0.710. The minimum Gasteiger partial charge on any atom is -0.356 e. The molecule has 1 aromatic carbocycles. The van der Waals surface area contributed by atoms with E-state index in [4.69, 9.17) is 0 Å². The van der Waals surface area contributed by atoms with Gasteiger partial charge in [-0.05, 0) is 25.0 Å². The summed E-state index contributed by atoms with van der Waals surface area (Å²) < 4.78 is 26.2. The number of carbonyl (C=O) groups excluding carboxylic acids is 1. The topological polar surface area (TPSA) is 29.1 Å². The second-order valence-electron chi connectivity index (χ2n) is 3.72. The second-order valence-corrected chi connectivity index (χ2v) is 3.72. The SMILES string of the molecule is O=C1C=C(Nc2cccc(F)c2F)CCC1. The minimum atomic E-state index is -0.915. The van der Waals surface area contributed by atoms with Gasteiger partial charge in [-0.25, -0.2) is 8.78 Å². The highest BCUT2D eigenvalue weighted by atomic mass is 19.2. The molecule has 1 aromatic rings. The van der Waals surface area contributed by atoms with Gasteiger partial charge in [0.2, 0.25) is 0 Å². The van der Waals surface area contributed by atoms with Gasteiger partial charge >= 0.3 is 0 Å². The summed E-state index contributed by atoms with van der Waals surface area (Å²) in [5.74, 6) is -1.79. The molecule has 0 fully saturated rings. The molecule has 1 aliphatic carbocycles. The number of allylic oxidation sites excluding steroid dienone is 2. The van der Waals surface area contributed by atoms with Crippen LogP contribution in [-0.4, -0.2) is 5.78 Å². The Morgan fingerprint density at radius 3 is 2.75 bits per heavy atom. The molecule has 0 aliphatic heterocycles. The molecule has 1 N–H and O–H groups in total. The van der Waals surface area contributed by atoms with E-state index in [2.05, 4.69) is 5.32 Å². The Bertz CT molecular complexity index is 454. The van der Waals surface area contributed by atoms with Gasteiger partial charge in [-0.15, -0.1) is 0 Å². The van der Waals surface area contributed by atoms with Crippen molar-refractivity contribution in [1.82, 2.24) is 0 Å². The highest BCUT2D eigenvalue weighted by Gasteiger charge is 2.13. The lowest BCUT2D eigenvalue weighted by molar-refractivity contribution is -0.115. The number of nitrogens with one attached hydrogen (secondary N) is 1. The van der Waals surface area contributed by atoms with Gasteiger partial charge in [0.1, 0.15) is 0 Å². The molecule has 2 nitrogen and oxygen atoms in total. The van der Waals surface area contributed by atoms with Crippen molar-refractivity contribution < 1.29 is 13.6 Å². The molecule has 0 radical (unpaired) electrons. The van der Waals surface area contributed by atoms with E-state index in [-0.39, 0.29) is 11.5 Å². The van der Waals surface area contributed by atoms with Crippen molar-refractivity contribution >= 4 is 11.5 Å². The molecule has 84 valence electrons. The zero-order valence-electron chi connectivity index (χ0n) is 8.59. The minimum absolute atomic E-state index is 0.0190. The zero-order chi connectivity index (χ0) is 11.5. The highest BCUT2D eigenvalue weighted by molar-refractivity contribution is 5.91. The lowest BCUT2D eigenvalue weighted by atomic mass is 10.0. The van der Waals surface area contributed by atoms with Crippen molar-refractivity contribution in [2.45, 2.75) is 19.3 Å². The molecule has 4 heteroatoms. The Balaban J connectivity index is 2.21. The summed E-state index contributed by atoms with van der Waals surface area (Å²) in [4.78, 5) is 11.1. The van der Waals surface area contributed by atoms with Crippen LogP contribution in [0.2, 0.25) is 0 Å². The molecule has 0 saturated carbocycles. The van der Waals surface area contributed by atoms with Gasteiger partial charge in [0.05, 0.1) is 5.69 Å². The molecule has 0 aromatic heterocycles. The average molecular weight is 223 g/mol. The molecule has 0 bridgehead atoms. The van der Waals surface area contributed by atoms with E-state index in [0.717, 1.165) is 12.5 Å². The van der Waals surface area contributed by atoms with Crippen LogP contribution in [0.3, 0.4) is 0 Å². The van der Waals surface area contributed by atoms with Crippen LogP contribution < -0.4 is 5.32 Å². The van der Waals surface area contributed by atoms with Gasteiger partial charge < -0.3 is 5.32 Å². The molecular weight excluding hydrogens is 212 g/mol. The zero-order valence-corrected chi connectivity index (χ0v) is 8.59. The second kappa shape index (κ2) is 4.43. The summed E-state index contributed by atoms with van der Waals surface area (Å²) in [5, 5.41) is 2.75. The van der Waals surface area contributed by atoms with Gasteiger partial charge in [-0.2, -0.15) is 0 Å². The summed E-state index contributed by atoms with van der Waals surface area (Å²) in [7, 11) is 0. The van der Waals surface area contributed by atoms with E-state index in [0.29, 0.717) is 18.5 Å². The largest absolute Gasteiger partial charge is 0.356 e. The predicted octanol–water partition coefficient (Wildman–Crippen LogP) is 3.01. The number of benzene rings is 1. The molecule has 16 heavy (non-hydrogen) atoms. The summed E-state index contributed by atoms with van der Waals surface area (Å²) in [6, 6.07) is 3.92. The van der Waals surface area contributed by atoms with Gasteiger partial charge in [0, 0.05) is 18.2 Å². The first-order valence-corrected chi connectivity index (χ1v) is 5.11. The third kappa shape index (κ3) is 2.27. The molecule has 0 spiro atoms. The van der Waals surface area contributed by atoms with Crippen LogP contribution in [0.4, 0.5) is 14.5 Å². The Morgan fingerprint density at radius 1 is 1.19 bits per heavy atom. The number of hydrogen-bond acceptors (Lipinski definition) is 2. The number of ketones is 1. The molecule has 0 atom stereocenters. The predicted molar refractivity (Wildman–Crippen MR) is 56.9 cm³/mol. The van der Waals surface area contributed by atoms with Gasteiger partial charge in [0.25, 0.3) is 0 Å². The van der Waals surface area contributed by atoms with Crippen LogP contribution in [0.5, 0.6) is 0 Å². The molecule has 1 aliphatic rings. The van der Waals surface area contributed by atoms with E-state index in [1.807, 2.05) is 0 Å². The quantitative estimate of drug-likeness (QED) is 0.835. The van der Waals surface area contributed by atoms with E-state index < -0.39 is 11.6 Å². The fourth-order valence-corrected chi connectivity index (χ4v) is 1.66. The fourth-order valence-electron chi connectivity index (χ4n) is 1.66. The van der Waals surface area contributed by atoms with Gasteiger partial charge in [-0.3, -0.25) is 4.79 Å². The van der Waals surface area contributed by atoms with Crippen LogP contribution in [0.15, 0.2) is 30.0 Å². The number of carbonyl (C=O) groups is 1. The summed E-state index contributed by atoms with van der Waals surface area (Å²) in [6.45, 7) is 0. The van der Waals surface area contributed by atoms with Gasteiger partial charge in [-0.1, -0.05) is 6.07 Å². The summed E-state index contributed by atoms with van der Waals surface area (Å²) in [6.07, 6.45) is 3.40. The van der Waals surface area contributed by atoms with E-state index in [1.54, 1.807) is 0 Å². The number of rotatable bonds is 2. The summed E-state index contributed by atoms with van der Waals surface area (Å²) >= 11 is 0. The van der Waals surface area contributed by atoms with Crippen LogP contribution >= 0.6 is 0 Å². The van der Waals surface area contributed by atoms with E-state index >= 15 is 0 Å². The van der Waals surface area contributed by atoms with Gasteiger partial charge in [0.15, 0.2) is 17.4 Å². The van der Waals surface area contributed by atoms with Crippen LogP contribution in [0, 0.1) is 11.6 Å². The van der Waals surface area contributed by atoms with E-state index in [9.17, 15) is 13.6 Å². The molecular formula is C12H11F2NO.